The number of primary amides is 1. The number of methoxy groups -OCH3 is 1. The summed E-state index contributed by atoms with van der Waals surface area (Å²) in [6.45, 7) is 1.11. The van der Waals surface area contributed by atoms with Crippen LogP contribution in [0.15, 0.2) is 11.1 Å². The quantitative estimate of drug-likeness (QED) is 0.710. The Kier molecular flexibility index (Phi) is 2.99. The summed E-state index contributed by atoms with van der Waals surface area (Å²) in [6.07, 6.45) is 1.99. The molecule has 3 N–H and O–H groups in total. The summed E-state index contributed by atoms with van der Waals surface area (Å²) in [7, 11) is 1.41. The number of nitrogens with two attached hydrogens (primary N) is 1. The van der Waals surface area contributed by atoms with Gasteiger partial charge in [0.2, 0.25) is 11.7 Å². The highest BCUT2D eigenvalue weighted by Crippen LogP contribution is 2.26. The van der Waals surface area contributed by atoms with Crippen molar-refractivity contribution in [2.45, 2.75) is 6.42 Å². The van der Waals surface area contributed by atoms with Gasteiger partial charge in [0, 0.05) is 13.1 Å². The maximum Gasteiger partial charge on any atom is 0.295 e. The fraction of sp³-hybridized carbons (Fsp3) is 0.500. The monoisotopic (exact) mass is 238 g/mol. The molecule has 1 aliphatic rings. The van der Waals surface area contributed by atoms with Crippen LogP contribution in [0.25, 0.3) is 0 Å². The van der Waals surface area contributed by atoms with Gasteiger partial charge in [-0.3, -0.25) is 9.59 Å². The molecule has 1 saturated heterocycles. The van der Waals surface area contributed by atoms with Crippen molar-refractivity contribution in [3.63, 3.8) is 0 Å². The fourth-order valence-electron chi connectivity index (χ4n) is 1.97. The minimum Gasteiger partial charge on any atom is -0.489 e. The molecule has 0 aromatic carbocycles. The van der Waals surface area contributed by atoms with Crippen molar-refractivity contribution in [3.8, 4) is 5.75 Å². The summed E-state index contributed by atoms with van der Waals surface area (Å²) in [5.74, 6) is 0.106. The van der Waals surface area contributed by atoms with Crippen molar-refractivity contribution in [1.82, 2.24) is 9.97 Å². The summed E-state index contributed by atoms with van der Waals surface area (Å²) < 4.78 is 5.02. The smallest absolute Gasteiger partial charge is 0.295 e. The second kappa shape index (κ2) is 4.44. The van der Waals surface area contributed by atoms with E-state index in [0.717, 1.165) is 0 Å². The van der Waals surface area contributed by atoms with Gasteiger partial charge in [0.25, 0.3) is 5.56 Å². The first kappa shape index (κ1) is 11.4. The van der Waals surface area contributed by atoms with Crippen LogP contribution in [0.1, 0.15) is 6.42 Å². The molecule has 1 atom stereocenters. The molecule has 92 valence electrons. The average Bonchev–Trinajstić information content (AvgIpc) is 2.77. The number of H-pyrrole nitrogens is 1. The van der Waals surface area contributed by atoms with Crippen LogP contribution in [-0.2, 0) is 4.79 Å². The molecule has 1 aliphatic heterocycles. The Labute approximate surface area is 97.6 Å². The highest BCUT2D eigenvalue weighted by Gasteiger charge is 2.29. The number of nitrogens with zero attached hydrogens (tertiary/aromatic N) is 2. The standard InChI is InChI=1S/C10H14N4O3/c1-17-7-9(12-5-13-10(7)16)14-3-2-6(4-14)8(11)15/h5-6H,2-4H2,1H3,(H2,11,15)(H,12,13,16). The summed E-state index contributed by atoms with van der Waals surface area (Å²) >= 11 is 0. The topological polar surface area (TPSA) is 101 Å². The zero-order chi connectivity index (χ0) is 12.4. The molecule has 2 heterocycles. The van der Waals surface area contributed by atoms with Gasteiger partial charge in [-0.05, 0) is 6.42 Å². The summed E-state index contributed by atoms with van der Waals surface area (Å²) in [4.78, 5) is 30.9. The van der Waals surface area contributed by atoms with Crippen LogP contribution in [0, 0.1) is 5.92 Å². The lowest BCUT2D eigenvalue weighted by atomic mass is 10.1. The molecule has 1 amide bonds. The van der Waals surface area contributed by atoms with E-state index in [1.54, 1.807) is 0 Å². The molecule has 0 bridgehead atoms. The van der Waals surface area contributed by atoms with Crippen molar-refractivity contribution in [3.05, 3.63) is 16.7 Å². The summed E-state index contributed by atoms with van der Waals surface area (Å²) in [5.41, 5.74) is 4.92. The predicted molar refractivity (Wildman–Crippen MR) is 60.9 cm³/mol. The molecule has 1 aromatic rings. The van der Waals surface area contributed by atoms with Gasteiger partial charge in [-0.15, -0.1) is 0 Å². The number of aromatic nitrogens is 2. The van der Waals surface area contributed by atoms with Crippen LogP contribution in [0.3, 0.4) is 0 Å². The fourth-order valence-corrected chi connectivity index (χ4v) is 1.97. The zero-order valence-corrected chi connectivity index (χ0v) is 9.47. The van der Waals surface area contributed by atoms with Gasteiger partial charge in [0.1, 0.15) is 0 Å². The average molecular weight is 238 g/mol. The molecule has 1 aromatic heterocycles. The number of anilines is 1. The molecule has 0 spiro atoms. The predicted octanol–water partition coefficient (Wildman–Crippen LogP) is -0.910. The largest absolute Gasteiger partial charge is 0.489 e. The molecule has 0 saturated carbocycles. The van der Waals surface area contributed by atoms with Gasteiger partial charge in [-0.25, -0.2) is 4.98 Å². The number of hydrogen-bond acceptors (Lipinski definition) is 5. The second-order valence-corrected chi connectivity index (χ2v) is 3.92. The molecule has 1 unspecified atom stereocenters. The van der Waals surface area contributed by atoms with Crippen LogP contribution in [0.2, 0.25) is 0 Å². The summed E-state index contributed by atoms with van der Waals surface area (Å²) in [5, 5.41) is 0. The first-order chi connectivity index (χ1) is 8.13. The molecule has 0 aliphatic carbocycles. The number of aromatic amines is 1. The van der Waals surface area contributed by atoms with Gasteiger partial charge >= 0.3 is 0 Å². The van der Waals surface area contributed by atoms with E-state index in [0.29, 0.717) is 25.3 Å². The van der Waals surface area contributed by atoms with E-state index < -0.39 is 0 Å². The van der Waals surface area contributed by atoms with Gasteiger partial charge in [-0.2, -0.15) is 0 Å². The lowest BCUT2D eigenvalue weighted by Gasteiger charge is -2.18. The van der Waals surface area contributed by atoms with E-state index in [-0.39, 0.29) is 23.1 Å². The lowest BCUT2D eigenvalue weighted by molar-refractivity contribution is -0.121. The normalized spacial score (nSPS) is 19.4. The van der Waals surface area contributed by atoms with Crippen molar-refractivity contribution < 1.29 is 9.53 Å². The first-order valence-corrected chi connectivity index (χ1v) is 5.29. The zero-order valence-electron chi connectivity index (χ0n) is 9.47. The maximum atomic E-state index is 11.5. The van der Waals surface area contributed by atoms with Crippen LogP contribution < -0.4 is 20.9 Å². The molecular formula is C10H14N4O3. The second-order valence-electron chi connectivity index (χ2n) is 3.92. The number of carbonyl (C=O) groups excluding carboxylic acids is 1. The minimum atomic E-state index is -0.333. The number of hydrogen-bond donors (Lipinski definition) is 2. The number of nitrogens with one attached hydrogen (secondary N) is 1. The Morgan fingerprint density at radius 1 is 1.71 bits per heavy atom. The van der Waals surface area contributed by atoms with Crippen molar-refractivity contribution >= 4 is 11.7 Å². The van der Waals surface area contributed by atoms with Gasteiger partial charge in [0.05, 0.1) is 19.4 Å². The molecule has 7 nitrogen and oxygen atoms in total. The van der Waals surface area contributed by atoms with E-state index in [1.165, 1.54) is 13.4 Å². The van der Waals surface area contributed by atoms with E-state index in [4.69, 9.17) is 10.5 Å². The highest BCUT2D eigenvalue weighted by molar-refractivity contribution is 5.78. The first-order valence-electron chi connectivity index (χ1n) is 5.29. The van der Waals surface area contributed by atoms with Crippen molar-refractivity contribution in [2.24, 2.45) is 11.7 Å². The minimum absolute atomic E-state index is 0.164. The van der Waals surface area contributed by atoms with Crippen LogP contribution in [0.5, 0.6) is 5.75 Å². The number of amides is 1. The summed E-state index contributed by atoms with van der Waals surface area (Å²) in [6, 6.07) is 0. The van der Waals surface area contributed by atoms with Gasteiger partial charge < -0.3 is 20.4 Å². The van der Waals surface area contributed by atoms with E-state index >= 15 is 0 Å². The number of rotatable bonds is 3. The van der Waals surface area contributed by atoms with Gasteiger partial charge in [0.15, 0.2) is 5.82 Å². The Balaban J connectivity index is 2.27. The highest BCUT2D eigenvalue weighted by atomic mass is 16.5. The number of ether oxygens (including phenoxy) is 1. The van der Waals surface area contributed by atoms with Crippen molar-refractivity contribution in [2.75, 3.05) is 25.1 Å². The molecule has 7 heteroatoms. The maximum absolute atomic E-state index is 11.5. The third-order valence-electron chi connectivity index (χ3n) is 2.89. The molecular weight excluding hydrogens is 224 g/mol. The molecule has 17 heavy (non-hydrogen) atoms. The van der Waals surface area contributed by atoms with E-state index in [9.17, 15) is 9.59 Å². The van der Waals surface area contributed by atoms with Crippen LogP contribution >= 0.6 is 0 Å². The van der Waals surface area contributed by atoms with Crippen molar-refractivity contribution in [1.29, 1.82) is 0 Å². The molecule has 0 radical (unpaired) electrons. The lowest BCUT2D eigenvalue weighted by Crippen LogP contribution is -2.29. The van der Waals surface area contributed by atoms with E-state index in [1.807, 2.05) is 4.90 Å². The number of carbonyl (C=O) groups is 1. The molecule has 2 rings (SSSR count). The third kappa shape index (κ3) is 2.08. The van der Waals surface area contributed by atoms with E-state index in [2.05, 4.69) is 9.97 Å². The Hall–Kier alpha value is -2.05. The third-order valence-corrected chi connectivity index (χ3v) is 2.89. The Bertz CT molecular complexity index is 485. The molecule has 1 fully saturated rings. The van der Waals surface area contributed by atoms with Crippen LogP contribution in [-0.4, -0.2) is 36.1 Å². The Morgan fingerprint density at radius 2 is 2.47 bits per heavy atom. The SMILES string of the molecule is COc1c(N2CCC(C(N)=O)C2)nc[nH]c1=O. The van der Waals surface area contributed by atoms with Crippen LogP contribution in [0.4, 0.5) is 5.82 Å². The Morgan fingerprint density at radius 3 is 3.06 bits per heavy atom. The van der Waals surface area contributed by atoms with Gasteiger partial charge in [-0.1, -0.05) is 0 Å².